The number of fused-ring (bicyclic) bond motifs is 7. The summed E-state index contributed by atoms with van der Waals surface area (Å²) in [6.07, 6.45) is 0. The van der Waals surface area contributed by atoms with Gasteiger partial charge in [-0.25, -0.2) is 0 Å². The Morgan fingerprint density at radius 3 is 0.632 bits per heavy atom. The van der Waals surface area contributed by atoms with Crippen molar-refractivity contribution in [1.82, 2.24) is 9.13 Å². The highest BCUT2D eigenvalue weighted by Crippen LogP contribution is 2.42. The number of benzene rings is 10. The van der Waals surface area contributed by atoms with Gasteiger partial charge in [0.25, 0.3) is 0 Å². The Labute approximate surface area is 450 Å². The van der Waals surface area contributed by atoms with Crippen molar-refractivity contribution >= 4 is 54.4 Å². The van der Waals surface area contributed by atoms with Gasteiger partial charge in [-0.3, -0.25) is 0 Å². The Kier molecular flexibility index (Phi) is 11.5. The highest BCUT2D eigenvalue weighted by atomic mass is 15.0. The fourth-order valence-electron chi connectivity index (χ4n) is 11.5. The Balaban J connectivity index is 0.976. The normalized spacial score (nSPS) is 12.7. The second kappa shape index (κ2) is 17.8. The van der Waals surface area contributed by atoms with Crippen LogP contribution in [0.15, 0.2) is 206 Å². The van der Waals surface area contributed by atoms with Crippen molar-refractivity contribution in [2.24, 2.45) is 0 Å². The minimum absolute atomic E-state index is 0.0963. The van der Waals surface area contributed by atoms with E-state index in [9.17, 15) is 0 Å². The molecule has 2 nitrogen and oxygen atoms in total. The van der Waals surface area contributed by atoms with Crippen molar-refractivity contribution < 1.29 is 0 Å². The highest BCUT2D eigenvalue weighted by Gasteiger charge is 2.21. The topological polar surface area (TPSA) is 9.86 Å². The van der Waals surface area contributed by atoms with E-state index >= 15 is 0 Å². The SMILES string of the molecule is CC(C)(C)c1ccc(-c2ccc3c(c2)c2cc(-c4ccc(C(C)(C)C)cc4)ccc2n3-c2ccc3cc(-n4c5ccc(-c6ccc(C(C)(C)C)cc6)cc5c5cc(-c6ccc(C(C)(C)C)cc6)ccc54)ccc3c2)cc1. The van der Waals surface area contributed by atoms with Crippen LogP contribution in [0.1, 0.15) is 105 Å². The second-order valence-electron chi connectivity index (χ2n) is 25.6. The van der Waals surface area contributed by atoms with Gasteiger partial charge in [-0.1, -0.05) is 217 Å². The second-order valence-corrected chi connectivity index (χ2v) is 25.6. The molecule has 2 aromatic heterocycles. The fourth-order valence-corrected chi connectivity index (χ4v) is 11.5. The van der Waals surface area contributed by atoms with E-state index in [1.807, 2.05) is 0 Å². The van der Waals surface area contributed by atoms with E-state index in [0.717, 1.165) is 11.4 Å². The Morgan fingerprint density at radius 1 is 0.211 bits per heavy atom. The minimum atomic E-state index is 0.0963. The van der Waals surface area contributed by atoms with Crippen LogP contribution >= 0.6 is 0 Å². The van der Waals surface area contributed by atoms with E-state index in [2.05, 4.69) is 298 Å². The van der Waals surface area contributed by atoms with Crippen molar-refractivity contribution in [2.75, 3.05) is 0 Å². The van der Waals surface area contributed by atoms with Crippen molar-refractivity contribution in [1.29, 1.82) is 0 Å². The molecule has 2 heteroatoms. The molecule has 0 radical (unpaired) electrons. The van der Waals surface area contributed by atoms with E-state index in [4.69, 9.17) is 0 Å². The summed E-state index contributed by atoms with van der Waals surface area (Å²) in [7, 11) is 0. The zero-order chi connectivity index (χ0) is 53.1. The first-order chi connectivity index (χ1) is 36.2. The lowest BCUT2D eigenvalue weighted by Gasteiger charge is -2.19. The zero-order valence-electron chi connectivity index (χ0n) is 46.5. The number of hydrogen-bond acceptors (Lipinski definition) is 0. The first-order valence-electron chi connectivity index (χ1n) is 27.3. The molecule has 0 fully saturated rings. The predicted molar refractivity (Wildman–Crippen MR) is 329 cm³/mol. The average molecular weight is 987 g/mol. The van der Waals surface area contributed by atoms with Crippen molar-refractivity contribution in [3.05, 3.63) is 229 Å². The molecule has 0 unspecified atom stereocenters. The molecular weight excluding hydrogens is 917 g/mol. The van der Waals surface area contributed by atoms with Gasteiger partial charge in [0.1, 0.15) is 0 Å². The van der Waals surface area contributed by atoms with E-state index < -0.39 is 0 Å². The van der Waals surface area contributed by atoms with Gasteiger partial charge in [0.05, 0.1) is 22.1 Å². The monoisotopic (exact) mass is 987 g/mol. The Bertz CT molecular complexity index is 3680. The molecule has 12 aromatic rings. The molecule has 376 valence electrons. The molecule has 0 aliphatic carbocycles. The lowest BCUT2D eigenvalue weighted by molar-refractivity contribution is 0.590. The minimum Gasteiger partial charge on any atom is -0.309 e. The standard InChI is InChI=1S/C74H70N2/c1-71(2,3)57-27-13-47(14-28-57)53-23-37-67-63(43-53)64-44-54(48-15-29-58(30-16-48)72(4,5)6)24-38-68(64)75(67)61-35-21-52-42-62(36-22-51(52)41-61)76-69-39-25-55(49-17-31-59(32-18-49)73(7,8)9)45-65(69)66-46-56(26-40-70(66)76)50-19-33-60(34-20-50)74(10,11)12/h13-46H,1-12H3. The van der Waals surface area contributed by atoms with Gasteiger partial charge in [-0.15, -0.1) is 0 Å². The number of rotatable bonds is 6. The quantitative estimate of drug-likeness (QED) is 0.157. The van der Waals surface area contributed by atoms with Gasteiger partial charge in [0.15, 0.2) is 0 Å². The summed E-state index contributed by atoms with van der Waals surface area (Å²) in [4.78, 5) is 0. The van der Waals surface area contributed by atoms with Crippen LogP contribution in [0.4, 0.5) is 0 Å². The molecule has 0 bridgehead atoms. The predicted octanol–water partition coefficient (Wildman–Crippen LogP) is 20.9. The molecule has 0 saturated heterocycles. The summed E-state index contributed by atoms with van der Waals surface area (Å²) in [5.74, 6) is 0. The lowest BCUT2D eigenvalue weighted by atomic mass is 9.86. The third-order valence-electron chi connectivity index (χ3n) is 16.2. The van der Waals surface area contributed by atoms with Gasteiger partial charge in [0, 0.05) is 32.9 Å². The summed E-state index contributed by atoms with van der Waals surface area (Å²) >= 11 is 0. The van der Waals surface area contributed by atoms with E-state index in [-0.39, 0.29) is 21.7 Å². The Hall–Kier alpha value is -7.94. The van der Waals surface area contributed by atoms with Crippen molar-refractivity contribution in [2.45, 2.75) is 105 Å². The molecule has 0 aliphatic heterocycles. The van der Waals surface area contributed by atoms with E-state index in [0.29, 0.717) is 0 Å². The largest absolute Gasteiger partial charge is 0.309 e. The molecule has 0 saturated carbocycles. The zero-order valence-corrected chi connectivity index (χ0v) is 46.5. The summed E-state index contributed by atoms with van der Waals surface area (Å²) in [6.45, 7) is 27.3. The third-order valence-corrected chi connectivity index (χ3v) is 16.2. The maximum Gasteiger partial charge on any atom is 0.0541 e. The molecule has 0 N–H and O–H groups in total. The van der Waals surface area contributed by atoms with Crippen LogP contribution in [0.25, 0.3) is 110 Å². The van der Waals surface area contributed by atoms with Crippen molar-refractivity contribution in [3.8, 4) is 55.9 Å². The Morgan fingerprint density at radius 2 is 0.421 bits per heavy atom. The molecular formula is C74H70N2. The molecule has 12 rings (SSSR count). The molecule has 0 amide bonds. The average Bonchev–Trinajstić information content (AvgIpc) is 3.95. The lowest BCUT2D eigenvalue weighted by Crippen LogP contribution is -2.10. The summed E-state index contributed by atoms with van der Waals surface area (Å²) in [5.41, 5.74) is 22.6. The van der Waals surface area contributed by atoms with Gasteiger partial charge in [-0.05, 0) is 172 Å². The summed E-state index contributed by atoms with van der Waals surface area (Å²) in [5, 5.41) is 7.39. The smallest absolute Gasteiger partial charge is 0.0541 e. The molecule has 10 aromatic carbocycles. The highest BCUT2D eigenvalue weighted by molar-refractivity contribution is 6.13. The van der Waals surface area contributed by atoms with Crippen LogP contribution in [-0.2, 0) is 21.7 Å². The maximum absolute atomic E-state index is 2.46. The van der Waals surface area contributed by atoms with E-state index in [1.165, 1.54) is 121 Å². The third kappa shape index (κ3) is 8.82. The molecule has 0 atom stereocenters. The fraction of sp³-hybridized carbons (Fsp3) is 0.216. The van der Waals surface area contributed by atoms with Gasteiger partial charge >= 0.3 is 0 Å². The molecule has 0 aliphatic rings. The maximum atomic E-state index is 2.46. The molecule has 2 heterocycles. The van der Waals surface area contributed by atoms with Crippen LogP contribution in [0.3, 0.4) is 0 Å². The first kappa shape index (κ1) is 49.0. The van der Waals surface area contributed by atoms with Gasteiger partial charge in [0.2, 0.25) is 0 Å². The van der Waals surface area contributed by atoms with Gasteiger partial charge in [-0.2, -0.15) is 0 Å². The van der Waals surface area contributed by atoms with Gasteiger partial charge < -0.3 is 9.13 Å². The number of aromatic nitrogens is 2. The van der Waals surface area contributed by atoms with Crippen LogP contribution in [0.2, 0.25) is 0 Å². The van der Waals surface area contributed by atoms with Crippen LogP contribution in [-0.4, -0.2) is 9.13 Å². The number of nitrogens with zero attached hydrogens (tertiary/aromatic N) is 2. The summed E-state index contributed by atoms with van der Waals surface area (Å²) in [6, 6.07) is 78.7. The molecule has 76 heavy (non-hydrogen) atoms. The van der Waals surface area contributed by atoms with Crippen LogP contribution in [0.5, 0.6) is 0 Å². The van der Waals surface area contributed by atoms with E-state index in [1.54, 1.807) is 0 Å². The van der Waals surface area contributed by atoms with Crippen molar-refractivity contribution in [3.63, 3.8) is 0 Å². The first-order valence-corrected chi connectivity index (χ1v) is 27.3. The van der Waals surface area contributed by atoms with Crippen LogP contribution in [0, 0.1) is 0 Å². The van der Waals surface area contributed by atoms with Crippen LogP contribution < -0.4 is 0 Å². The number of hydrogen-bond donors (Lipinski definition) is 0. The molecule has 0 spiro atoms. The summed E-state index contributed by atoms with van der Waals surface area (Å²) < 4.78 is 4.93.